The molecule has 0 atom stereocenters. The maximum absolute atomic E-state index is 12.6. The highest BCUT2D eigenvalue weighted by molar-refractivity contribution is 5.82. The lowest BCUT2D eigenvalue weighted by Gasteiger charge is -2.15. The van der Waals surface area contributed by atoms with Crippen LogP contribution in [0.4, 0.5) is 0 Å². The highest BCUT2D eigenvalue weighted by Crippen LogP contribution is 2.36. The average Bonchev–Trinajstić information content (AvgIpc) is 3.19. The minimum atomic E-state index is -0.278. The van der Waals surface area contributed by atoms with Gasteiger partial charge in [-0.3, -0.25) is 9.78 Å². The zero-order valence-electron chi connectivity index (χ0n) is 15.2. The number of aryl methyl sites for hydroxylation is 2. The number of para-hydroxylation sites is 1. The first-order valence-corrected chi connectivity index (χ1v) is 8.43. The summed E-state index contributed by atoms with van der Waals surface area (Å²) in [6.45, 7) is 3.95. The summed E-state index contributed by atoms with van der Waals surface area (Å²) in [5.41, 5.74) is 2.21. The molecular weight excluding hydrogens is 344 g/mol. The maximum atomic E-state index is 12.6. The fraction of sp³-hybridized carbons (Fsp3) is 0.150. The summed E-state index contributed by atoms with van der Waals surface area (Å²) in [7, 11) is 1.56. The number of H-pyrrole nitrogens is 1. The summed E-state index contributed by atoms with van der Waals surface area (Å²) in [4.78, 5) is 19.8. The number of hydrogen-bond acceptors (Lipinski definition) is 5. The topological polar surface area (TPSA) is 82.0 Å². The van der Waals surface area contributed by atoms with E-state index in [9.17, 15) is 4.79 Å². The molecule has 0 radical (unpaired) electrons. The van der Waals surface area contributed by atoms with Gasteiger partial charge in [0.05, 0.1) is 18.0 Å². The Kier molecular flexibility index (Phi) is 4.12. The van der Waals surface area contributed by atoms with Crippen molar-refractivity contribution in [3.05, 3.63) is 70.3 Å². The van der Waals surface area contributed by atoms with Crippen molar-refractivity contribution in [3.8, 4) is 23.2 Å². The van der Waals surface area contributed by atoms with Gasteiger partial charge in [-0.15, -0.1) is 0 Å². The number of aromatic nitrogens is 4. The van der Waals surface area contributed by atoms with Crippen LogP contribution in [0.5, 0.6) is 17.2 Å². The Morgan fingerprint density at radius 3 is 2.52 bits per heavy atom. The van der Waals surface area contributed by atoms with Crippen LogP contribution >= 0.6 is 0 Å². The van der Waals surface area contributed by atoms with Gasteiger partial charge >= 0.3 is 0 Å². The van der Waals surface area contributed by atoms with Gasteiger partial charge in [-0.25, -0.2) is 9.67 Å². The lowest BCUT2D eigenvalue weighted by atomic mass is 10.1. The highest BCUT2D eigenvalue weighted by Gasteiger charge is 2.15. The minimum Gasteiger partial charge on any atom is -0.493 e. The van der Waals surface area contributed by atoms with Gasteiger partial charge in [-0.2, -0.15) is 5.10 Å². The van der Waals surface area contributed by atoms with E-state index in [2.05, 4.69) is 15.1 Å². The first-order valence-electron chi connectivity index (χ1n) is 8.43. The van der Waals surface area contributed by atoms with Gasteiger partial charge in [0.15, 0.2) is 11.5 Å². The van der Waals surface area contributed by atoms with Crippen molar-refractivity contribution in [2.75, 3.05) is 7.11 Å². The monoisotopic (exact) mass is 362 g/mol. The maximum Gasteiger partial charge on any atom is 0.260 e. The zero-order chi connectivity index (χ0) is 19.0. The van der Waals surface area contributed by atoms with E-state index in [1.54, 1.807) is 37.7 Å². The van der Waals surface area contributed by atoms with Crippen LogP contribution < -0.4 is 15.0 Å². The summed E-state index contributed by atoms with van der Waals surface area (Å²) >= 11 is 0. The molecule has 0 bridgehead atoms. The number of nitrogens with zero attached hydrogens (tertiary/aromatic N) is 3. The van der Waals surface area contributed by atoms with Gasteiger partial charge in [0.1, 0.15) is 5.75 Å². The van der Waals surface area contributed by atoms with Crippen molar-refractivity contribution >= 4 is 10.9 Å². The molecule has 0 saturated carbocycles. The molecule has 0 aliphatic heterocycles. The standard InChI is InChI=1S/C20H18N4O3/c1-12-6-4-7-13(2)18(12)27-17-10-14-15(11-16(17)26-3)22-20(23-19(14)25)24-9-5-8-21-24/h4-11H,1-3H3,(H,22,23,25). The fourth-order valence-electron chi connectivity index (χ4n) is 2.95. The zero-order valence-corrected chi connectivity index (χ0v) is 15.2. The minimum absolute atomic E-state index is 0.278. The van der Waals surface area contributed by atoms with Gasteiger partial charge in [0.2, 0.25) is 5.95 Å². The van der Waals surface area contributed by atoms with Crippen LogP contribution in [-0.2, 0) is 0 Å². The molecule has 7 nitrogen and oxygen atoms in total. The summed E-state index contributed by atoms with van der Waals surface area (Å²) < 4.78 is 13.1. The lowest BCUT2D eigenvalue weighted by Crippen LogP contribution is -2.14. The summed E-state index contributed by atoms with van der Waals surface area (Å²) in [5.74, 6) is 2.03. The van der Waals surface area contributed by atoms with E-state index in [1.807, 2.05) is 32.0 Å². The Bertz CT molecular complexity index is 1160. The summed E-state index contributed by atoms with van der Waals surface area (Å²) in [5, 5.41) is 4.51. The Morgan fingerprint density at radius 2 is 1.85 bits per heavy atom. The molecule has 2 heterocycles. The normalized spacial score (nSPS) is 10.9. The van der Waals surface area contributed by atoms with Gasteiger partial charge in [-0.1, -0.05) is 18.2 Å². The molecular formula is C20H18N4O3. The largest absolute Gasteiger partial charge is 0.493 e. The number of aromatic amines is 1. The Labute approximate surface area is 155 Å². The van der Waals surface area contributed by atoms with Gasteiger partial charge < -0.3 is 9.47 Å². The van der Waals surface area contributed by atoms with Crippen LogP contribution in [0, 0.1) is 13.8 Å². The number of benzene rings is 2. The quantitative estimate of drug-likeness (QED) is 0.601. The van der Waals surface area contributed by atoms with Crippen molar-refractivity contribution in [1.29, 1.82) is 0 Å². The first kappa shape index (κ1) is 16.8. The van der Waals surface area contributed by atoms with Crippen molar-refractivity contribution < 1.29 is 9.47 Å². The number of rotatable bonds is 4. The number of fused-ring (bicyclic) bond motifs is 1. The molecule has 0 fully saturated rings. The Balaban J connectivity index is 1.86. The number of methoxy groups -OCH3 is 1. The van der Waals surface area contributed by atoms with Crippen molar-refractivity contribution in [3.63, 3.8) is 0 Å². The van der Waals surface area contributed by atoms with Gasteiger partial charge in [0, 0.05) is 18.5 Å². The van der Waals surface area contributed by atoms with E-state index in [4.69, 9.17) is 9.47 Å². The van der Waals surface area contributed by atoms with Gasteiger partial charge in [-0.05, 0) is 37.1 Å². The van der Waals surface area contributed by atoms with E-state index in [0.717, 1.165) is 16.9 Å². The first-order chi connectivity index (χ1) is 13.1. The molecule has 4 aromatic rings. The van der Waals surface area contributed by atoms with Crippen molar-refractivity contribution in [1.82, 2.24) is 19.7 Å². The lowest BCUT2D eigenvalue weighted by molar-refractivity contribution is 0.378. The van der Waals surface area contributed by atoms with E-state index >= 15 is 0 Å². The van der Waals surface area contributed by atoms with E-state index in [1.165, 1.54) is 4.68 Å². The third-order valence-corrected chi connectivity index (χ3v) is 4.32. The molecule has 0 unspecified atom stereocenters. The Morgan fingerprint density at radius 1 is 1.07 bits per heavy atom. The smallest absolute Gasteiger partial charge is 0.260 e. The number of nitrogens with one attached hydrogen (secondary N) is 1. The molecule has 0 amide bonds. The highest BCUT2D eigenvalue weighted by atomic mass is 16.5. The van der Waals surface area contributed by atoms with Crippen LogP contribution in [0.15, 0.2) is 53.6 Å². The molecule has 136 valence electrons. The molecule has 2 aromatic carbocycles. The van der Waals surface area contributed by atoms with Crippen molar-refractivity contribution in [2.45, 2.75) is 13.8 Å². The van der Waals surface area contributed by atoms with Gasteiger partial charge in [0.25, 0.3) is 5.56 Å². The predicted molar refractivity (Wildman–Crippen MR) is 102 cm³/mol. The molecule has 4 rings (SSSR count). The van der Waals surface area contributed by atoms with Crippen LogP contribution in [0.25, 0.3) is 16.9 Å². The molecule has 7 heteroatoms. The second kappa shape index (κ2) is 6.60. The molecule has 0 saturated heterocycles. The molecule has 27 heavy (non-hydrogen) atoms. The molecule has 1 N–H and O–H groups in total. The predicted octanol–water partition coefficient (Wildman–Crippen LogP) is 3.53. The van der Waals surface area contributed by atoms with E-state index in [0.29, 0.717) is 28.4 Å². The number of ether oxygens (including phenoxy) is 2. The molecule has 0 aliphatic carbocycles. The molecule has 0 spiro atoms. The third kappa shape index (κ3) is 3.03. The van der Waals surface area contributed by atoms with E-state index < -0.39 is 0 Å². The third-order valence-electron chi connectivity index (χ3n) is 4.32. The van der Waals surface area contributed by atoms with Crippen molar-refractivity contribution in [2.24, 2.45) is 0 Å². The Hall–Kier alpha value is -3.61. The summed E-state index contributed by atoms with van der Waals surface area (Å²) in [6.07, 6.45) is 3.33. The summed E-state index contributed by atoms with van der Waals surface area (Å²) in [6, 6.07) is 11.0. The average molecular weight is 362 g/mol. The second-order valence-corrected chi connectivity index (χ2v) is 6.18. The molecule has 0 aliphatic rings. The van der Waals surface area contributed by atoms with Crippen LogP contribution in [-0.4, -0.2) is 26.9 Å². The van der Waals surface area contributed by atoms with E-state index in [-0.39, 0.29) is 5.56 Å². The SMILES string of the molecule is COc1cc2nc(-n3cccn3)[nH]c(=O)c2cc1Oc1c(C)cccc1C. The second-order valence-electron chi connectivity index (χ2n) is 6.18. The van der Waals surface area contributed by atoms with Crippen LogP contribution in [0.2, 0.25) is 0 Å². The number of hydrogen-bond donors (Lipinski definition) is 1. The fourth-order valence-corrected chi connectivity index (χ4v) is 2.95. The molecule has 2 aromatic heterocycles. The van der Waals surface area contributed by atoms with Crippen LogP contribution in [0.1, 0.15) is 11.1 Å². The van der Waals surface area contributed by atoms with Crippen LogP contribution in [0.3, 0.4) is 0 Å².